The predicted molar refractivity (Wildman–Crippen MR) is 95.3 cm³/mol. The van der Waals surface area contributed by atoms with Gasteiger partial charge in [-0.05, 0) is 12.1 Å². The summed E-state index contributed by atoms with van der Waals surface area (Å²) in [5.74, 6) is -0.756. The number of benzene rings is 2. The first-order chi connectivity index (χ1) is 12.4. The molecular formula is C17H11ClF3N3OS. The minimum Gasteiger partial charge on any atom is -0.324 e. The summed E-state index contributed by atoms with van der Waals surface area (Å²) in [5.41, 5.74) is -1.44. The Bertz CT molecular complexity index is 960. The van der Waals surface area contributed by atoms with Crippen LogP contribution in [0.2, 0.25) is 5.02 Å². The fourth-order valence-electron chi connectivity index (χ4n) is 2.31. The molecule has 0 saturated carbocycles. The van der Waals surface area contributed by atoms with Gasteiger partial charge in [0, 0.05) is 10.8 Å². The fourth-order valence-corrected chi connectivity index (χ4v) is 3.31. The van der Waals surface area contributed by atoms with Gasteiger partial charge in [-0.1, -0.05) is 53.7 Å². The van der Waals surface area contributed by atoms with Gasteiger partial charge in [-0.2, -0.15) is 18.3 Å². The third kappa shape index (κ3) is 4.08. The van der Waals surface area contributed by atoms with E-state index in [-0.39, 0.29) is 10.8 Å². The van der Waals surface area contributed by atoms with Crippen LogP contribution in [-0.4, -0.2) is 21.9 Å². The molecule has 3 aromatic rings. The molecule has 0 spiro atoms. The topological polar surface area (TPSA) is 54.9 Å². The van der Waals surface area contributed by atoms with Crippen molar-refractivity contribution in [3.05, 3.63) is 59.2 Å². The number of nitrogens with one attached hydrogen (secondary N) is 1. The normalized spacial score (nSPS) is 11.5. The second-order valence-corrected chi connectivity index (χ2v) is 6.61. The van der Waals surface area contributed by atoms with E-state index in [0.29, 0.717) is 5.03 Å². The quantitative estimate of drug-likeness (QED) is 0.627. The Morgan fingerprint density at radius 3 is 2.69 bits per heavy atom. The van der Waals surface area contributed by atoms with Crippen molar-refractivity contribution in [1.82, 2.24) is 10.2 Å². The third-order valence-electron chi connectivity index (χ3n) is 3.46. The number of hydrogen-bond acceptors (Lipinski definition) is 4. The summed E-state index contributed by atoms with van der Waals surface area (Å²) in [6, 6.07) is 10.7. The van der Waals surface area contributed by atoms with E-state index in [1.165, 1.54) is 12.1 Å². The molecule has 0 radical (unpaired) electrons. The number of carbonyl (C=O) groups is 1. The Hall–Kier alpha value is -2.32. The molecule has 0 saturated heterocycles. The van der Waals surface area contributed by atoms with Crippen molar-refractivity contribution >= 4 is 45.7 Å². The van der Waals surface area contributed by atoms with Crippen molar-refractivity contribution in [1.29, 1.82) is 0 Å². The minimum atomic E-state index is -4.62. The maximum absolute atomic E-state index is 13.1. The number of halogens is 4. The molecule has 9 heteroatoms. The van der Waals surface area contributed by atoms with Crippen LogP contribution in [0.3, 0.4) is 0 Å². The zero-order valence-corrected chi connectivity index (χ0v) is 14.6. The maximum atomic E-state index is 13.1. The van der Waals surface area contributed by atoms with E-state index in [1.54, 1.807) is 6.20 Å². The molecule has 1 heterocycles. The second kappa shape index (κ2) is 7.51. The standard InChI is InChI=1S/C17H11ClF3N3OS/c18-13-7-3-6-12(17(19,20)21)15(13)23-14(25)9-26-16-11-5-2-1-4-10(11)8-22-24-16/h1-8H,9H2,(H,23,25). The summed E-state index contributed by atoms with van der Waals surface area (Å²) in [6.07, 6.45) is -3.03. The highest BCUT2D eigenvalue weighted by Gasteiger charge is 2.34. The number of fused-ring (bicyclic) bond motifs is 1. The van der Waals surface area contributed by atoms with Crippen molar-refractivity contribution in [2.75, 3.05) is 11.1 Å². The largest absolute Gasteiger partial charge is 0.418 e. The summed E-state index contributed by atoms with van der Waals surface area (Å²) in [4.78, 5) is 12.1. The number of carbonyl (C=O) groups excluding carboxylic acids is 1. The third-order valence-corrected chi connectivity index (χ3v) is 4.76. The number of amides is 1. The smallest absolute Gasteiger partial charge is 0.324 e. The van der Waals surface area contributed by atoms with Crippen LogP contribution in [0.4, 0.5) is 18.9 Å². The lowest BCUT2D eigenvalue weighted by Crippen LogP contribution is -2.18. The summed E-state index contributed by atoms with van der Waals surface area (Å²) in [7, 11) is 0. The van der Waals surface area contributed by atoms with Crippen LogP contribution in [0.15, 0.2) is 53.7 Å². The van der Waals surface area contributed by atoms with Gasteiger partial charge in [-0.3, -0.25) is 4.79 Å². The lowest BCUT2D eigenvalue weighted by molar-refractivity contribution is -0.137. The molecule has 1 N–H and O–H groups in total. The number of para-hydroxylation sites is 1. The molecule has 1 amide bonds. The molecule has 0 atom stereocenters. The van der Waals surface area contributed by atoms with E-state index in [0.717, 1.165) is 28.6 Å². The molecule has 0 aliphatic heterocycles. The van der Waals surface area contributed by atoms with Gasteiger partial charge in [-0.15, -0.1) is 5.10 Å². The Balaban J connectivity index is 1.76. The molecule has 0 aliphatic rings. The predicted octanol–water partition coefficient (Wildman–Crippen LogP) is 5.03. The number of rotatable bonds is 4. The molecule has 26 heavy (non-hydrogen) atoms. The minimum absolute atomic E-state index is 0.134. The first-order valence-corrected chi connectivity index (χ1v) is 8.71. The van der Waals surface area contributed by atoms with Crippen molar-refractivity contribution in [3.63, 3.8) is 0 Å². The summed E-state index contributed by atoms with van der Waals surface area (Å²) >= 11 is 6.92. The molecule has 2 aromatic carbocycles. The Morgan fingerprint density at radius 2 is 1.92 bits per heavy atom. The number of anilines is 1. The SMILES string of the molecule is O=C(CSc1nncc2ccccc12)Nc1c(Cl)cccc1C(F)(F)F. The molecule has 134 valence electrons. The average Bonchev–Trinajstić information content (AvgIpc) is 2.60. The number of thioether (sulfide) groups is 1. The van der Waals surface area contributed by atoms with E-state index in [9.17, 15) is 18.0 Å². The van der Waals surface area contributed by atoms with E-state index < -0.39 is 23.3 Å². The van der Waals surface area contributed by atoms with Crippen LogP contribution in [0.25, 0.3) is 10.8 Å². The van der Waals surface area contributed by atoms with Gasteiger partial charge in [0.25, 0.3) is 0 Å². The van der Waals surface area contributed by atoms with Crippen molar-refractivity contribution in [3.8, 4) is 0 Å². The van der Waals surface area contributed by atoms with Crippen LogP contribution < -0.4 is 5.32 Å². The Kier molecular flexibility index (Phi) is 5.33. The molecule has 0 bridgehead atoms. The highest BCUT2D eigenvalue weighted by atomic mass is 35.5. The molecular weight excluding hydrogens is 387 g/mol. The Labute approximate surface area is 155 Å². The summed E-state index contributed by atoms with van der Waals surface area (Å²) < 4.78 is 39.2. The van der Waals surface area contributed by atoms with Crippen molar-refractivity contribution in [2.45, 2.75) is 11.2 Å². The van der Waals surface area contributed by atoms with Crippen LogP contribution in [0.1, 0.15) is 5.56 Å². The fraction of sp³-hybridized carbons (Fsp3) is 0.118. The number of alkyl halides is 3. The van der Waals surface area contributed by atoms with Crippen LogP contribution in [-0.2, 0) is 11.0 Å². The highest BCUT2D eigenvalue weighted by Crippen LogP contribution is 2.38. The van der Waals surface area contributed by atoms with Gasteiger partial charge in [0.05, 0.1) is 28.2 Å². The van der Waals surface area contributed by atoms with E-state index >= 15 is 0 Å². The highest BCUT2D eigenvalue weighted by molar-refractivity contribution is 8.00. The second-order valence-electron chi connectivity index (χ2n) is 5.23. The van der Waals surface area contributed by atoms with Gasteiger partial charge >= 0.3 is 6.18 Å². The van der Waals surface area contributed by atoms with Gasteiger partial charge in [0.15, 0.2) is 0 Å². The van der Waals surface area contributed by atoms with Crippen LogP contribution >= 0.6 is 23.4 Å². The molecule has 1 aromatic heterocycles. The molecule has 3 rings (SSSR count). The first-order valence-electron chi connectivity index (χ1n) is 7.35. The number of hydrogen-bond donors (Lipinski definition) is 1. The monoisotopic (exact) mass is 397 g/mol. The van der Waals surface area contributed by atoms with Crippen molar-refractivity contribution in [2.24, 2.45) is 0 Å². The van der Waals surface area contributed by atoms with Gasteiger partial charge in [0.2, 0.25) is 5.91 Å². The van der Waals surface area contributed by atoms with E-state index in [1.807, 2.05) is 24.3 Å². The maximum Gasteiger partial charge on any atom is 0.418 e. The molecule has 0 unspecified atom stereocenters. The van der Waals surface area contributed by atoms with Gasteiger partial charge in [0.1, 0.15) is 5.03 Å². The van der Waals surface area contributed by atoms with E-state index in [2.05, 4.69) is 15.5 Å². The van der Waals surface area contributed by atoms with Gasteiger partial charge < -0.3 is 5.32 Å². The summed E-state index contributed by atoms with van der Waals surface area (Å²) in [5, 5.41) is 12.1. The zero-order chi connectivity index (χ0) is 18.7. The van der Waals surface area contributed by atoms with Crippen LogP contribution in [0, 0.1) is 0 Å². The van der Waals surface area contributed by atoms with Crippen LogP contribution in [0.5, 0.6) is 0 Å². The number of aromatic nitrogens is 2. The summed E-state index contributed by atoms with van der Waals surface area (Å²) in [6.45, 7) is 0. The molecule has 4 nitrogen and oxygen atoms in total. The zero-order valence-electron chi connectivity index (χ0n) is 13.0. The average molecular weight is 398 g/mol. The first kappa shape index (κ1) is 18.5. The lowest BCUT2D eigenvalue weighted by Gasteiger charge is -2.15. The number of nitrogens with zero attached hydrogens (tertiary/aromatic N) is 2. The Morgan fingerprint density at radius 1 is 1.15 bits per heavy atom. The molecule has 0 aliphatic carbocycles. The lowest BCUT2D eigenvalue weighted by atomic mass is 10.1. The van der Waals surface area contributed by atoms with Crippen molar-refractivity contribution < 1.29 is 18.0 Å². The molecule has 0 fully saturated rings. The van der Waals surface area contributed by atoms with Gasteiger partial charge in [-0.25, -0.2) is 0 Å². The van der Waals surface area contributed by atoms with E-state index in [4.69, 9.17) is 11.6 Å².